The van der Waals surface area contributed by atoms with Crippen LogP contribution in [0.5, 0.6) is 0 Å². The van der Waals surface area contributed by atoms with Crippen molar-refractivity contribution in [2.24, 2.45) is 11.3 Å². The number of Topliss-reactive ketones (excluding diaryl/α,β-unsaturated/α-hetero) is 1. The normalized spacial score (nSPS) is 20.9. The molecule has 1 rings (SSSR count). The van der Waals surface area contributed by atoms with Crippen LogP contribution in [-0.2, 0) is 4.79 Å². The molecular formula is C10H16O. The average molecular weight is 152 g/mol. The molecule has 0 amide bonds. The summed E-state index contributed by atoms with van der Waals surface area (Å²) in [6.45, 7) is 10.2. The molecule has 0 heterocycles. The van der Waals surface area contributed by atoms with Crippen molar-refractivity contribution in [3.63, 3.8) is 0 Å². The summed E-state index contributed by atoms with van der Waals surface area (Å²) in [5, 5.41) is 0. The molecule has 0 radical (unpaired) electrons. The number of allylic oxidation sites excluding steroid dienone is 2. The van der Waals surface area contributed by atoms with Crippen molar-refractivity contribution in [2.45, 2.75) is 34.6 Å². The molecule has 1 aliphatic carbocycles. The van der Waals surface area contributed by atoms with Crippen molar-refractivity contribution in [2.75, 3.05) is 0 Å². The molecule has 62 valence electrons. The molecule has 0 fully saturated rings. The molecule has 0 spiro atoms. The van der Waals surface area contributed by atoms with Gasteiger partial charge in [0.05, 0.1) is 0 Å². The van der Waals surface area contributed by atoms with Crippen molar-refractivity contribution in [3.8, 4) is 0 Å². The van der Waals surface area contributed by atoms with Gasteiger partial charge in [0.25, 0.3) is 0 Å². The van der Waals surface area contributed by atoms with Crippen molar-refractivity contribution < 1.29 is 4.79 Å². The van der Waals surface area contributed by atoms with Gasteiger partial charge >= 0.3 is 0 Å². The number of carbonyl (C=O) groups excluding carboxylic acids is 1. The predicted molar refractivity (Wildman–Crippen MR) is 46.3 cm³/mol. The minimum absolute atomic E-state index is 0.111. The molecule has 0 saturated heterocycles. The Labute approximate surface area is 68.5 Å². The maximum Gasteiger partial charge on any atom is 0.156 e. The van der Waals surface area contributed by atoms with Crippen molar-refractivity contribution >= 4 is 5.78 Å². The van der Waals surface area contributed by atoms with Crippen LogP contribution in [0.4, 0.5) is 0 Å². The van der Waals surface area contributed by atoms with Gasteiger partial charge in [-0.15, -0.1) is 0 Å². The van der Waals surface area contributed by atoms with Gasteiger partial charge in [0.1, 0.15) is 0 Å². The van der Waals surface area contributed by atoms with Crippen LogP contribution in [0.25, 0.3) is 0 Å². The molecule has 0 bridgehead atoms. The zero-order valence-corrected chi connectivity index (χ0v) is 7.99. The number of hydrogen-bond acceptors (Lipinski definition) is 1. The quantitative estimate of drug-likeness (QED) is 0.594. The fraction of sp³-hybridized carbons (Fsp3) is 0.700. The summed E-state index contributed by atoms with van der Waals surface area (Å²) in [5.74, 6) is 0.780. The third kappa shape index (κ3) is 1.13. The monoisotopic (exact) mass is 152 g/mol. The van der Waals surface area contributed by atoms with Gasteiger partial charge in [-0.1, -0.05) is 27.7 Å². The standard InChI is InChI=1S/C10H16O/c1-6(2)8-9(7(3)11)10(8,4)5/h6H,1-5H3. The van der Waals surface area contributed by atoms with E-state index in [1.54, 1.807) is 6.92 Å². The first kappa shape index (κ1) is 8.51. The van der Waals surface area contributed by atoms with Crippen molar-refractivity contribution in [3.05, 3.63) is 11.1 Å². The van der Waals surface area contributed by atoms with Gasteiger partial charge in [-0.3, -0.25) is 4.79 Å². The zero-order chi connectivity index (χ0) is 8.81. The molecule has 0 N–H and O–H groups in total. The highest BCUT2D eigenvalue weighted by molar-refractivity contribution is 6.01. The topological polar surface area (TPSA) is 17.1 Å². The smallest absolute Gasteiger partial charge is 0.156 e. The van der Waals surface area contributed by atoms with E-state index in [1.807, 2.05) is 0 Å². The fourth-order valence-electron chi connectivity index (χ4n) is 2.14. The summed E-state index contributed by atoms with van der Waals surface area (Å²) in [6.07, 6.45) is 0. The first-order chi connectivity index (χ1) is 4.89. The van der Waals surface area contributed by atoms with E-state index in [4.69, 9.17) is 0 Å². The van der Waals surface area contributed by atoms with Gasteiger partial charge in [0.2, 0.25) is 0 Å². The Balaban J connectivity index is 2.87. The lowest BCUT2D eigenvalue weighted by Crippen LogP contribution is -2.00. The SMILES string of the molecule is CC(=O)C1=C(C(C)C)C1(C)C. The highest BCUT2D eigenvalue weighted by Gasteiger charge is 2.47. The molecular weight excluding hydrogens is 136 g/mol. The molecule has 1 aliphatic rings. The lowest BCUT2D eigenvalue weighted by Gasteiger charge is -2.06. The van der Waals surface area contributed by atoms with E-state index in [9.17, 15) is 4.79 Å². The third-order valence-electron chi connectivity index (χ3n) is 2.43. The maximum absolute atomic E-state index is 11.1. The Hall–Kier alpha value is -0.590. The molecule has 0 unspecified atom stereocenters. The van der Waals surface area contributed by atoms with Crippen LogP contribution in [0.3, 0.4) is 0 Å². The number of hydrogen-bond donors (Lipinski definition) is 0. The second kappa shape index (κ2) is 2.20. The largest absolute Gasteiger partial charge is 0.295 e. The van der Waals surface area contributed by atoms with Gasteiger partial charge in [0, 0.05) is 11.0 Å². The lowest BCUT2D eigenvalue weighted by molar-refractivity contribution is -0.113. The van der Waals surface area contributed by atoms with E-state index >= 15 is 0 Å². The van der Waals surface area contributed by atoms with E-state index in [0.29, 0.717) is 5.92 Å². The first-order valence-electron chi connectivity index (χ1n) is 4.15. The summed E-state index contributed by atoms with van der Waals surface area (Å²) in [5.41, 5.74) is 2.53. The Morgan fingerprint density at radius 3 is 1.91 bits per heavy atom. The molecule has 1 heteroatoms. The van der Waals surface area contributed by atoms with Crippen LogP contribution in [0, 0.1) is 11.3 Å². The lowest BCUT2D eigenvalue weighted by atomic mass is 9.98. The summed E-state index contributed by atoms with van der Waals surface area (Å²) < 4.78 is 0. The number of ketones is 1. The van der Waals surface area contributed by atoms with E-state index in [-0.39, 0.29) is 11.2 Å². The second-order valence-electron chi connectivity index (χ2n) is 4.12. The minimum Gasteiger partial charge on any atom is -0.295 e. The van der Waals surface area contributed by atoms with Crippen LogP contribution in [-0.4, -0.2) is 5.78 Å². The molecule has 0 aromatic rings. The van der Waals surface area contributed by atoms with Crippen molar-refractivity contribution in [1.29, 1.82) is 0 Å². The molecule has 0 saturated carbocycles. The number of carbonyl (C=O) groups is 1. The molecule has 1 nitrogen and oxygen atoms in total. The van der Waals surface area contributed by atoms with Gasteiger partial charge in [0.15, 0.2) is 5.78 Å². The van der Waals surface area contributed by atoms with E-state index in [0.717, 1.165) is 5.57 Å². The summed E-state index contributed by atoms with van der Waals surface area (Å²) in [7, 11) is 0. The fourth-order valence-corrected chi connectivity index (χ4v) is 2.14. The Morgan fingerprint density at radius 2 is 1.82 bits per heavy atom. The highest BCUT2D eigenvalue weighted by atomic mass is 16.1. The van der Waals surface area contributed by atoms with E-state index in [2.05, 4.69) is 27.7 Å². The number of rotatable bonds is 2. The van der Waals surface area contributed by atoms with E-state index in [1.165, 1.54) is 5.57 Å². The van der Waals surface area contributed by atoms with Gasteiger partial charge in [-0.05, 0) is 18.4 Å². The molecule has 11 heavy (non-hydrogen) atoms. The van der Waals surface area contributed by atoms with Crippen LogP contribution in [0.1, 0.15) is 34.6 Å². The van der Waals surface area contributed by atoms with Gasteiger partial charge in [-0.25, -0.2) is 0 Å². The summed E-state index contributed by atoms with van der Waals surface area (Å²) in [6, 6.07) is 0. The Bertz CT molecular complexity index is 231. The summed E-state index contributed by atoms with van der Waals surface area (Å²) >= 11 is 0. The van der Waals surface area contributed by atoms with Gasteiger partial charge < -0.3 is 0 Å². The highest BCUT2D eigenvalue weighted by Crippen LogP contribution is 2.55. The minimum atomic E-state index is 0.111. The van der Waals surface area contributed by atoms with Crippen LogP contribution >= 0.6 is 0 Å². The van der Waals surface area contributed by atoms with Crippen LogP contribution < -0.4 is 0 Å². The predicted octanol–water partition coefficient (Wildman–Crippen LogP) is 2.57. The third-order valence-corrected chi connectivity index (χ3v) is 2.43. The maximum atomic E-state index is 11.1. The van der Waals surface area contributed by atoms with Crippen LogP contribution in [0.15, 0.2) is 11.1 Å². The Morgan fingerprint density at radius 1 is 1.36 bits per heavy atom. The molecule has 0 aliphatic heterocycles. The average Bonchev–Trinajstić information content (AvgIpc) is 2.33. The molecule has 0 atom stereocenters. The zero-order valence-electron chi connectivity index (χ0n) is 7.99. The Kier molecular flexibility index (Phi) is 1.70. The summed E-state index contributed by atoms with van der Waals surface area (Å²) in [4.78, 5) is 11.1. The first-order valence-corrected chi connectivity index (χ1v) is 4.15. The molecule has 0 aromatic heterocycles. The van der Waals surface area contributed by atoms with Crippen molar-refractivity contribution in [1.82, 2.24) is 0 Å². The van der Waals surface area contributed by atoms with Crippen LogP contribution in [0.2, 0.25) is 0 Å². The molecule has 0 aromatic carbocycles. The second-order valence-corrected chi connectivity index (χ2v) is 4.12. The van der Waals surface area contributed by atoms with Gasteiger partial charge in [-0.2, -0.15) is 0 Å². The van der Waals surface area contributed by atoms with E-state index < -0.39 is 0 Å².